The number of amides is 4. The second-order valence-electron chi connectivity index (χ2n) is 9.58. The maximum absolute atomic E-state index is 13.8. The van der Waals surface area contributed by atoms with Crippen LogP contribution in [0, 0.1) is 17.6 Å². The number of urea groups is 1. The normalized spacial score (nSPS) is 24.9. The Balaban J connectivity index is 1.32. The van der Waals surface area contributed by atoms with Gasteiger partial charge in [-0.2, -0.15) is 0 Å². The monoisotopic (exact) mass is 498 g/mol. The summed E-state index contributed by atoms with van der Waals surface area (Å²) < 4.78 is 32.4. The number of ether oxygens (including phenoxy) is 1. The van der Waals surface area contributed by atoms with Gasteiger partial charge in [0, 0.05) is 31.8 Å². The number of hydrogen-bond donors (Lipinski definition) is 1. The van der Waals surface area contributed by atoms with Crippen LogP contribution in [-0.2, 0) is 26.3 Å². The molecule has 0 aliphatic carbocycles. The van der Waals surface area contributed by atoms with Gasteiger partial charge in [-0.15, -0.1) is 0 Å². The smallest absolute Gasteiger partial charge is 0.325 e. The zero-order valence-electron chi connectivity index (χ0n) is 19.8. The molecule has 0 unspecified atom stereocenters. The molecule has 5 rings (SSSR count). The first-order chi connectivity index (χ1) is 17.4. The molecule has 1 aromatic carbocycles. The van der Waals surface area contributed by atoms with Gasteiger partial charge in [0.1, 0.15) is 0 Å². The van der Waals surface area contributed by atoms with Gasteiger partial charge in [-0.3, -0.25) is 19.5 Å². The number of aromatic nitrogens is 1. The van der Waals surface area contributed by atoms with Gasteiger partial charge in [-0.25, -0.2) is 13.6 Å². The van der Waals surface area contributed by atoms with E-state index >= 15 is 0 Å². The van der Waals surface area contributed by atoms with E-state index in [0.29, 0.717) is 43.8 Å². The summed E-state index contributed by atoms with van der Waals surface area (Å²) >= 11 is 0. The van der Waals surface area contributed by atoms with Crippen molar-refractivity contribution in [3.05, 3.63) is 65.5 Å². The molecule has 2 atom stereocenters. The van der Waals surface area contributed by atoms with Gasteiger partial charge in [0.25, 0.3) is 5.91 Å². The molecule has 0 radical (unpaired) electrons. The van der Waals surface area contributed by atoms with E-state index in [9.17, 15) is 23.2 Å². The van der Waals surface area contributed by atoms with Crippen molar-refractivity contribution in [2.45, 2.75) is 43.7 Å². The fraction of sp³-hybridized carbons (Fsp3) is 0.462. The number of likely N-dealkylation sites (tertiary alicyclic amines) is 1. The van der Waals surface area contributed by atoms with E-state index in [1.54, 1.807) is 29.3 Å². The van der Waals surface area contributed by atoms with Crippen molar-refractivity contribution >= 4 is 17.8 Å². The lowest BCUT2D eigenvalue weighted by atomic mass is 9.75. The summed E-state index contributed by atoms with van der Waals surface area (Å²) in [5.74, 6) is -2.75. The van der Waals surface area contributed by atoms with E-state index in [-0.39, 0.29) is 36.8 Å². The first-order valence-corrected chi connectivity index (χ1v) is 12.3. The molecule has 0 spiro atoms. The van der Waals surface area contributed by atoms with Crippen LogP contribution >= 0.6 is 0 Å². The lowest BCUT2D eigenvalue weighted by molar-refractivity contribution is -0.137. The minimum Gasteiger partial charge on any atom is -0.376 e. The van der Waals surface area contributed by atoms with E-state index in [1.165, 1.54) is 11.0 Å². The second kappa shape index (κ2) is 9.93. The number of rotatable bonds is 6. The molecule has 8 nitrogen and oxygen atoms in total. The number of benzene rings is 1. The number of nitrogens with zero attached hydrogens (tertiary/aromatic N) is 3. The molecule has 0 bridgehead atoms. The van der Waals surface area contributed by atoms with Gasteiger partial charge in [0.15, 0.2) is 17.2 Å². The summed E-state index contributed by atoms with van der Waals surface area (Å²) in [7, 11) is 0. The van der Waals surface area contributed by atoms with Crippen LogP contribution < -0.4 is 5.32 Å². The number of carbonyl (C=O) groups is 3. The number of nitrogens with one attached hydrogen (secondary N) is 1. The van der Waals surface area contributed by atoms with E-state index in [1.807, 2.05) is 0 Å². The Labute approximate surface area is 207 Å². The third kappa shape index (κ3) is 4.45. The molecule has 36 heavy (non-hydrogen) atoms. The molecule has 0 saturated carbocycles. The van der Waals surface area contributed by atoms with E-state index in [2.05, 4.69) is 10.3 Å². The highest BCUT2D eigenvalue weighted by Crippen LogP contribution is 2.41. The average Bonchev–Trinajstić information content (AvgIpc) is 3.50. The van der Waals surface area contributed by atoms with Crippen LogP contribution in [0.5, 0.6) is 0 Å². The van der Waals surface area contributed by atoms with Crippen molar-refractivity contribution in [2.24, 2.45) is 5.92 Å². The summed E-state index contributed by atoms with van der Waals surface area (Å²) in [6, 6.07) is 8.26. The number of hydrogen-bond acceptors (Lipinski definition) is 5. The van der Waals surface area contributed by atoms with E-state index < -0.39 is 23.2 Å². The predicted octanol–water partition coefficient (Wildman–Crippen LogP) is 2.77. The van der Waals surface area contributed by atoms with Crippen LogP contribution in [0.25, 0.3) is 0 Å². The molecule has 3 fully saturated rings. The summed E-state index contributed by atoms with van der Waals surface area (Å²) in [6.45, 7) is 1.56. The Hall–Kier alpha value is -3.40. The number of halogens is 2. The summed E-state index contributed by atoms with van der Waals surface area (Å²) in [5, 5.41) is 2.96. The van der Waals surface area contributed by atoms with Gasteiger partial charge < -0.3 is 15.0 Å². The van der Waals surface area contributed by atoms with Crippen molar-refractivity contribution in [1.82, 2.24) is 20.1 Å². The molecule has 10 heteroatoms. The van der Waals surface area contributed by atoms with Gasteiger partial charge in [0.2, 0.25) is 5.91 Å². The molecule has 3 aliphatic rings. The number of pyridine rings is 1. The van der Waals surface area contributed by atoms with Crippen LogP contribution in [0.15, 0.2) is 42.6 Å². The zero-order valence-corrected chi connectivity index (χ0v) is 19.8. The Bertz CT molecular complexity index is 1150. The molecular weight excluding hydrogens is 470 g/mol. The molecule has 4 heterocycles. The average molecular weight is 499 g/mol. The topological polar surface area (TPSA) is 91.8 Å². The molecule has 2 aromatic rings. The summed E-state index contributed by atoms with van der Waals surface area (Å²) in [6.07, 6.45) is 4.02. The fourth-order valence-corrected chi connectivity index (χ4v) is 5.51. The second-order valence-corrected chi connectivity index (χ2v) is 9.58. The number of carbonyl (C=O) groups excluding carboxylic acids is 3. The van der Waals surface area contributed by atoms with Crippen LogP contribution in [0.3, 0.4) is 0 Å². The molecule has 190 valence electrons. The molecule has 1 N–H and O–H groups in total. The Kier molecular flexibility index (Phi) is 6.70. The van der Waals surface area contributed by atoms with Crippen molar-refractivity contribution in [3.63, 3.8) is 0 Å². The maximum atomic E-state index is 13.8. The third-order valence-electron chi connectivity index (χ3n) is 7.41. The standard InChI is InChI=1S/C26H28F2N4O4/c27-20-7-6-17(14-21(20)28)15-23(33)31-11-8-18(9-12-31)26(22-5-1-2-10-29-22)24(34)32(25(35)30-26)16-19-4-3-13-36-19/h1-2,5-7,10,14,18-19H,3-4,8-9,11-13,15-16H2,(H,30,35)/t19-,26-/m1/s1. The lowest BCUT2D eigenvalue weighted by Crippen LogP contribution is -2.55. The minimum absolute atomic E-state index is 0.0436. The van der Waals surface area contributed by atoms with Crippen LogP contribution in [-0.4, -0.2) is 65.0 Å². The van der Waals surface area contributed by atoms with Crippen molar-refractivity contribution in [1.29, 1.82) is 0 Å². The predicted molar refractivity (Wildman–Crippen MR) is 124 cm³/mol. The lowest BCUT2D eigenvalue weighted by Gasteiger charge is -2.40. The van der Waals surface area contributed by atoms with Crippen LogP contribution in [0.4, 0.5) is 13.6 Å². The van der Waals surface area contributed by atoms with Gasteiger partial charge in [-0.05, 0) is 55.5 Å². The van der Waals surface area contributed by atoms with Crippen LogP contribution in [0.2, 0.25) is 0 Å². The first kappa shape index (κ1) is 24.3. The van der Waals surface area contributed by atoms with Gasteiger partial charge >= 0.3 is 6.03 Å². The van der Waals surface area contributed by atoms with Crippen molar-refractivity contribution < 1.29 is 27.9 Å². The highest BCUT2D eigenvalue weighted by Gasteiger charge is 2.58. The Morgan fingerprint density at radius 1 is 1.11 bits per heavy atom. The molecular formula is C26H28F2N4O4. The van der Waals surface area contributed by atoms with E-state index in [4.69, 9.17) is 4.74 Å². The summed E-state index contributed by atoms with van der Waals surface area (Å²) in [5.41, 5.74) is -0.439. The van der Waals surface area contributed by atoms with Crippen LogP contribution in [0.1, 0.15) is 36.9 Å². The minimum atomic E-state index is -1.31. The van der Waals surface area contributed by atoms with Gasteiger partial charge in [0.05, 0.1) is 24.8 Å². The SMILES string of the molecule is O=C(Cc1ccc(F)c(F)c1)N1CCC([C@]2(c3ccccn3)NC(=O)N(C[C@H]3CCCO3)C2=O)CC1. The first-order valence-electron chi connectivity index (χ1n) is 12.3. The van der Waals surface area contributed by atoms with Crippen molar-refractivity contribution in [3.8, 4) is 0 Å². The molecule has 3 saturated heterocycles. The fourth-order valence-electron chi connectivity index (χ4n) is 5.51. The Morgan fingerprint density at radius 2 is 1.92 bits per heavy atom. The largest absolute Gasteiger partial charge is 0.376 e. The maximum Gasteiger partial charge on any atom is 0.325 e. The molecule has 1 aromatic heterocycles. The highest BCUT2D eigenvalue weighted by atomic mass is 19.2. The quantitative estimate of drug-likeness (QED) is 0.619. The van der Waals surface area contributed by atoms with Crippen molar-refractivity contribution in [2.75, 3.05) is 26.2 Å². The van der Waals surface area contributed by atoms with E-state index in [0.717, 1.165) is 25.0 Å². The summed E-state index contributed by atoms with van der Waals surface area (Å²) in [4.78, 5) is 47.1. The highest BCUT2D eigenvalue weighted by molar-refractivity contribution is 6.07. The van der Waals surface area contributed by atoms with Gasteiger partial charge in [-0.1, -0.05) is 12.1 Å². The zero-order chi connectivity index (χ0) is 25.3. The number of piperidine rings is 1. The molecule has 4 amide bonds. The third-order valence-corrected chi connectivity index (χ3v) is 7.41. The molecule has 3 aliphatic heterocycles. The Morgan fingerprint density at radius 3 is 2.58 bits per heavy atom. The number of imide groups is 1.